The maximum Gasteiger partial charge on any atom is 0.339 e. The normalized spacial score (nSPS) is 11.3. The van der Waals surface area contributed by atoms with Crippen LogP contribution in [0.5, 0.6) is 0 Å². The molecule has 8 nitrogen and oxygen atoms in total. The van der Waals surface area contributed by atoms with Crippen molar-refractivity contribution in [1.82, 2.24) is 20.1 Å². The Bertz CT molecular complexity index is 783. The Kier molecular flexibility index (Phi) is 6.68. The molecule has 8 heteroatoms. The van der Waals surface area contributed by atoms with Crippen LogP contribution < -0.4 is 5.32 Å². The third-order valence-electron chi connectivity index (χ3n) is 3.85. The summed E-state index contributed by atoms with van der Waals surface area (Å²) in [5.41, 5.74) is 1.79. The maximum absolute atomic E-state index is 12.6. The number of carbonyl (C=O) groups is 2. The number of rotatable bonds is 8. The SMILES string of the molecule is COCCNC(=O)COC(=O)c1cc(C(C)C)nc2c1cnn2C(C)C. The van der Waals surface area contributed by atoms with E-state index in [0.29, 0.717) is 29.7 Å². The number of carbonyl (C=O) groups excluding carboxylic acids is 2. The zero-order valence-corrected chi connectivity index (χ0v) is 15.9. The van der Waals surface area contributed by atoms with Crippen molar-refractivity contribution in [2.24, 2.45) is 0 Å². The van der Waals surface area contributed by atoms with Gasteiger partial charge >= 0.3 is 5.97 Å². The third kappa shape index (κ3) is 4.57. The number of ether oxygens (including phenoxy) is 2. The summed E-state index contributed by atoms with van der Waals surface area (Å²) in [6.07, 6.45) is 1.61. The number of aromatic nitrogens is 3. The van der Waals surface area contributed by atoms with Gasteiger partial charge in [-0.05, 0) is 25.8 Å². The van der Waals surface area contributed by atoms with Crippen molar-refractivity contribution in [3.05, 3.63) is 23.5 Å². The van der Waals surface area contributed by atoms with E-state index in [1.165, 1.54) is 0 Å². The van der Waals surface area contributed by atoms with Crippen LogP contribution in [0.4, 0.5) is 0 Å². The van der Waals surface area contributed by atoms with Crippen LogP contribution in [0.15, 0.2) is 12.3 Å². The highest BCUT2D eigenvalue weighted by atomic mass is 16.5. The van der Waals surface area contributed by atoms with Gasteiger partial charge < -0.3 is 14.8 Å². The Balaban J connectivity index is 2.24. The molecule has 2 aromatic rings. The molecule has 0 radical (unpaired) electrons. The van der Waals surface area contributed by atoms with Crippen LogP contribution in [0.25, 0.3) is 11.0 Å². The minimum absolute atomic E-state index is 0.109. The van der Waals surface area contributed by atoms with E-state index in [-0.39, 0.29) is 24.5 Å². The average molecular weight is 362 g/mol. The van der Waals surface area contributed by atoms with Crippen molar-refractivity contribution in [1.29, 1.82) is 0 Å². The Morgan fingerprint density at radius 2 is 2.00 bits per heavy atom. The smallest absolute Gasteiger partial charge is 0.339 e. The third-order valence-corrected chi connectivity index (χ3v) is 3.85. The molecule has 1 amide bonds. The first kappa shape index (κ1) is 19.8. The predicted octanol–water partition coefficient (Wildman–Crippen LogP) is 2.05. The molecule has 1 N–H and O–H groups in total. The van der Waals surface area contributed by atoms with E-state index in [2.05, 4.69) is 15.4 Å². The van der Waals surface area contributed by atoms with Crippen molar-refractivity contribution < 1.29 is 19.1 Å². The van der Waals surface area contributed by atoms with E-state index in [1.54, 1.807) is 24.1 Å². The molecule has 2 heterocycles. The molecule has 26 heavy (non-hydrogen) atoms. The highest BCUT2D eigenvalue weighted by Gasteiger charge is 2.20. The van der Waals surface area contributed by atoms with Crippen LogP contribution in [0.1, 0.15) is 55.7 Å². The fraction of sp³-hybridized carbons (Fsp3) is 0.556. The van der Waals surface area contributed by atoms with Gasteiger partial charge in [-0.3, -0.25) is 4.79 Å². The van der Waals surface area contributed by atoms with Crippen molar-refractivity contribution in [2.45, 2.75) is 39.7 Å². The fourth-order valence-corrected chi connectivity index (χ4v) is 2.43. The van der Waals surface area contributed by atoms with Gasteiger partial charge in [0.2, 0.25) is 0 Å². The topological polar surface area (TPSA) is 95.3 Å². The highest BCUT2D eigenvalue weighted by Crippen LogP contribution is 2.24. The molecule has 142 valence electrons. The fourth-order valence-electron chi connectivity index (χ4n) is 2.43. The summed E-state index contributed by atoms with van der Waals surface area (Å²) in [7, 11) is 1.55. The van der Waals surface area contributed by atoms with Gasteiger partial charge in [-0.2, -0.15) is 5.10 Å². The quantitative estimate of drug-likeness (QED) is 0.570. The van der Waals surface area contributed by atoms with Gasteiger partial charge in [0.25, 0.3) is 5.91 Å². The van der Waals surface area contributed by atoms with E-state index >= 15 is 0 Å². The van der Waals surface area contributed by atoms with Gasteiger partial charge in [-0.1, -0.05) is 13.8 Å². The zero-order valence-electron chi connectivity index (χ0n) is 15.9. The van der Waals surface area contributed by atoms with E-state index < -0.39 is 5.97 Å². The van der Waals surface area contributed by atoms with Crippen molar-refractivity contribution >= 4 is 22.9 Å². The lowest BCUT2D eigenvalue weighted by Crippen LogP contribution is -2.31. The summed E-state index contributed by atoms with van der Waals surface area (Å²) in [6, 6.07) is 1.82. The molecule has 0 aliphatic carbocycles. The summed E-state index contributed by atoms with van der Waals surface area (Å²) in [5.74, 6) is -0.800. The molecular formula is C18H26N4O4. The molecule has 0 aromatic carbocycles. The van der Waals surface area contributed by atoms with Crippen LogP contribution in [0.2, 0.25) is 0 Å². The Labute approximate surface area is 152 Å². The van der Waals surface area contributed by atoms with Crippen LogP contribution in [0, 0.1) is 0 Å². The number of hydrogen-bond donors (Lipinski definition) is 1. The molecule has 0 unspecified atom stereocenters. The zero-order chi connectivity index (χ0) is 19.3. The lowest BCUT2D eigenvalue weighted by Gasteiger charge is -2.12. The summed E-state index contributed by atoms with van der Waals surface area (Å²) < 4.78 is 11.8. The van der Waals surface area contributed by atoms with E-state index in [0.717, 1.165) is 5.69 Å². The number of esters is 1. The van der Waals surface area contributed by atoms with Gasteiger partial charge in [-0.15, -0.1) is 0 Å². The van der Waals surface area contributed by atoms with Crippen molar-refractivity contribution in [3.8, 4) is 0 Å². The van der Waals surface area contributed by atoms with E-state index in [9.17, 15) is 9.59 Å². The second kappa shape index (κ2) is 8.75. The summed E-state index contributed by atoms with van der Waals surface area (Å²) in [6.45, 7) is 8.42. The summed E-state index contributed by atoms with van der Waals surface area (Å²) in [5, 5.41) is 7.56. The molecule has 0 spiro atoms. The number of fused-ring (bicyclic) bond motifs is 1. The Morgan fingerprint density at radius 1 is 1.27 bits per heavy atom. The van der Waals surface area contributed by atoms with Gasteiger partial charge in [-0.25, -0.2) is 14.5 Å². The van der Waals surface area contributed by atoms with Gasteiger partial charge in [0.1, 0.15) is 0 Å². The number of pyridine rings is 1. The first-order chi connectivity index (χ1) is 12.3. The predicted molar refractivity (Wildman–Crippen MR) is 97.2 cm³/mol. The second-order valence-corrected chi connectivity index (χ2v) is 6.59. The first-order valence-electron chi connectivity index (χ1n) is 8.66. The number of amides is 1. The van der Waals surface area contributed by atoms with Gasteiger partial charge in [0.05, 0.1) is 23.8 Å². The number of nitrogens with one attached hydrogen (secondary N) is 1. The average Bonchev–Trinajstić information content (AvgIpc) is 3.03. The standard InChI is InChI=1S/C18H26N4O4/c1-11(2)15-8-13(14-9-20-22(12(3)4)17(14)21-15)18(24)26-10-16(23)19-6-7-25-5/h8-9,11-12H,6-7,10H2,1-5H3,(H,19,23). The molecule has 0 fully saturated rings. The van der Waals surface area contributed by atoms with Crippen molar-refractivity contribution in [2.75, 3.05) is 26.9 Å². The maximum atomic E-state index is 12.6. The van der Waals surface area contributed by atoms with Crippen LogP contribution in [0.3, 0.4) is 0 Å². The van der Waals surface area contributed by atoms with Crippen molar-refractivity contribution in [3.63, 3.8) is 0 Å². The monoisotopic (exact) mass is 362 g/mol. The Hall–Kier alpha value is -2.48. The van der Waals surface area contributed by atoms with Crippen LogP contribution in [-0.4, -0.2) is 53.5 Å². The highest BCUT2D eigenvalue weighted by molar-refractivity contribution is 6.03. The Morgan fingerprint density at radius 3 is 2.62 bits per heavy atom. The van der Waals surface area contributed by atoms with Crippen LogP contribution >= 0.6 is 0 Å². The van der Waals surface area contributed by atoms with E-state index in [4.69, 9.17) is 9.47 Å². The molecule has 0 saturated heterocycles. The number of hydrogen-bond acceptors (Lipinski definition) is 6. The first-order valence-corrected chi connectivity index (χ1v) is 8.66. The van der Waals surface area contributed by atoms with Gasteiger partial charge in [0, 0.05) is 25.4 Å². The molecule has 0 aliphatic heterocycles. The summed E-state index contributed by atoms with van der Waals surface area (Å²) in [4.78, 5) is 28.9. The molecule has 0 bridgehead atoms. The lowest BCUT2D eigenvalue weighted by atomic mass is 10.1. The summed E-state index contributed by atoms with van der Waals surface area (Å²) >= 11 is 0. The molecular weight excluding hydrogens is 336 g/mol. The molecule has 0 atom stereocenters. The molecule has 0 saturated carbocycles. The lowest BCUT2D eigenvalue weighted by molar-refractivity contribution is -0.124. The number of nitrogens with zero attached hydrogens (tertiary/aromatic N) is 3. The largest absolute Gasteiger partial charge is 0.452 e. The minimum Gasteiger partial charge on any atom is -0.452 e. The molecule has 2 rings (SSSR count). The van der Waals surface area contributed by atoms with Gasteiger partial charge in [0.15, 0.2) is 12.3 Å². The van der Waals surface area contributed by atoms with E-state index in [1.807, 2.05) is 27.7 Å². The minimum atomic E-state index is -0.565. The second-order valence-electron chi connectivity index (χ2n) is 6.59. The number of methoxy groups -OCH3 is 1. The molecule has 2 aromatic heterocycles. The molecule has 0 aliphatic rings. The van der Waals surface area contributed by atoms with Crippen LogP contribution in [-0.2, 0) is 14.3 Å².